The second-order valence-corrected chi connectivity index (χ2v) is 5.48. The van der Waals surface area contributed by atoms with E-state index >= 15 is 0 Å². The number of carboxylic acids is 1. The zero-order valence-corrected chi connectivity index (χ0v) is 12.4. The number of ether oxygens (including phenoxy) is 2. The first kappa shape index (κ1) is 15.0. The van der Waals surface area contributed by atoms with Gasteiger partial charge in [-0.05, 0) is 31.5 Å². The molecule has 1 fully saturated rings. The Labute approximate surface area is 122 Å². The van der Waals surface area contributed by atoms with Gasteiger partial charge in [0.05, 0.1) is 18.6 Å². The van der Waals surface area contributed by atoms with Gasteiger partial charge in [-0.15, -0.1) is 11.8 Å². The summed E-state index contributed by atoms with van der Waals surface area (Å²) >= 11 is 1.59. The molecule has 0 aromatic heterocycles. The first-order chi connectivity index (χ1) is 9.65. The van der Waals surface area contributed by atoms with Crippen LogP contribution in [-0.4, -0.2) is 36.1 Å². The standard InChI is InChI=1S/C14H19NO4S/c1-3-18-11-6-5-9(7-12(11)19-4-2)13-15-10(8-20-13)14(16)17/h5-7,10,13,15H,3-4,8H2,1-2H3,(H,16,17)/t10-,13+/m1/s1. The minimum absolute atomic E-state index is 0.0222. The van der Waals surface area contributed by atoms with E-state index in [1.807, 2.05) is 32.0 Å². The van der Waals surface area contributed by atoms with Crippen LogP contribution in [0.2, 0.25) is 0 Å². The highest BCUT2D eigenvalue weighted by Crippen LogP contribution is 2.37. The molecule has 0 unspecified atom stereocenters. The molecular formula is C14H19NO4S. The van der Waals surface area contributed by atoms with Gasteiger partial charge in [-0.2, -0.15) is 0 Å². The van der Waals surface area contributed by atoms with E-state index in [2.05, 4.69) is 5.32 Å². The molecule has 0 saturated carbocycles. The smallest absolute Gasteiger partial charge is 0.321 e. The molecule has 1 heterocycles. The molecule has 5 nitrogen and oxygen atoms in total. The maximum absolute atomic E-state index is 11.0. The number of thioether (sulfide) groups is 1. The summed E-state index contributed by atoms with van der Waals surface area (Å²) in [5.74, 6) is 1.18. The molecule has 1 aliphatic heterocycles. The van der Waals surface area contributed by atoms with Crippen LogP contribution in [0.5, 0.6) is 11.5 Å². The lowest BCUT2D eigenvalue weighted by molar-refractivity contribution is -0.138. The first-order valence-corrected chi connectivity index (χ1v) is 7.70. The zero-order valence-electron chi connectivity index (χ0n) is 11.6. The van der Waals surface area contributed by atoms with Crippen LogP contribution in [0.1, 0.15) is 24.8 Å². The highest BCUT2D eigenvalue weighted by Gasteiger charge is 2.30. The normalized spacial score (nSPS) is 21.7. The van der Waals surface area contributed by atoms with Crippen molar-refractivity contribution in [1.82, 2.24) is 5.32 Å². The Morgan fingerprint density at radius 1 is 1.35 bits per heavy atom. The Hall–Kier alpha value is -1.40. The molecule has 0 spiro atoms. The minimum atomic E-state index is -0.809. The summed E-state index contributed by atoms with van der Waals surface area (Å²) in [7, 11) is 0. The van der Waals surface area contributed by atoms with Gasteiger partial charge < -0.3 is 14.6 Å². The van der Waals surface area contributed by atoms with Crippen LogP contribution in [-0.2, 0) is 4.79 Å². The number of rotatable bonds is 6. The maximum Gasteiger partial charge on any atom is 0.321 e. The molecule has 1 saturated heterocycles. The van der Waals surface area contributed by atoms with E-state index in [9.17, 15) is 4.79 Å². The number of nitrogens with one attached hydrogen (secondary N) is 1. The molecule has 110 valence electrons. The van der Waals surface area contributed by atoms with Crippen LogP contribution in [0, 0.1) is 0 Å². The number of benzene rings is 1. The Balaban J connectivity index is 2.16. The molecule has 2 N–H and O–H groups in total. The van der Waals surface area contributed by atoms with E-state index in [1.54, 1.807) is 11.8 Å². The molecule has 1 aromatic carbocycles. The lowest BCUT2D eigenvalue weighted by Gasteiger charge is -2.16. The van der Waals surface area contributed by atoms with Crippen LogP contribution in [0.3, 0.4) is 0 Å². The maximum atomic E-state index is 11.0. The molecule has 0 amide bonds. The third-order valence-corrected chi connectivity index (χ3v) is 4.22. The summed E-state index contributed by atoms with van der Waals surface area (Å²) in [4.78, 5) is 11.0. The van der Waals surface area contributed by atoms with E-state index in [0.29, 0.717) is 24.7 Å². The summed E-state index contributed by atoms with van der Waals surface area (Å²) < 4.78 is 11.1. The van der Waals surface area contributed by atoms with Crippen LogP contribution < -0.4 is 14.8 Å². The van der Waals surface area contributed by atoms with Crippen molar-refractivity contribution in [2.45, 2.75) is 25.3 Å². The van der Waals surface area contributed by atoms with Gasteiger partial charge >= 0.3 is 5.97 Å². The van der Waals surface area contributed by atoms with Crippen LogP contribution in [0.15, 0.2) is 18.2 Å². The number of carbonyl (C=O) groups is 1. The van der Waals surface area contributed by atoms with Gasteiger partial charge in [0.15, 0.2) is 11.5 Å². The van der Waals surface area contributed by atoms with E-state index in [4.69, 9.17) is 14.6 Å². The van der Waals surface area contributed by atoms with Crippen molar-refractivity contribution in [3.05, 3.63) is 23.8 Å². The average Bonchev–Trinajstić information content (AvgIpc) is 2.91. The first-order valence-electron chi connectivity index (χ1n) is 6.65. The summed E-state index contributed by atoms with van der Waals surface area (Å²) in [6.07, 6.45) is 0. The van der Waals surface area contributed by atoms with E-state index in [0.717, 1.165) is 11.3 Å². The van der Waals surface area contributed by atoms with Crippen LogP contribution in [0.25, 0.3) is 0 Å². The van der Waals surface area contributed by atoms with Crippen LogP contribution in [0.4, 0.5) is 0 Å². The summed E-state index contributed by atoms with van der Waals surface area (Å²) in [6, 6.07) is 5.25. The lowest BCUT2D eigenvalue weighted by atomic mass is 10.2. The Morgan fingerprint density at radius 3 is 2.65 bits per heavy atom. The van der Waals surface area contributed by atoms with Gasteiger partial charge in [0.1, 0.15) is 6.04 Å². The molecule has 2 atom stereocenters. The Morgan fingerprint density at radius 2 is 2.05 bits per heavy atom. The van der Waals surface area contributed by atoms with E-state index in [-0.39, 0.29) is 5.37 Å². The highest BCUT2D eigenvalue weighted by atomic mass is 32.2. The largest absolute Gasteiger partial charge is 0.490 e. The second-order valence-electron chi connectivity index (χ2n) is 4.34. The molecule has 1 aromatic rings. The van der Waals surface area contributed by atoms with Gasteiger partial charge in [-0.1, -0.05) is 6.07 Å². The van der Waals surface area contributed by atoms with Gasteiger partial charge in [-0.25, -0.2) is 0 Å². The van der Waals surface area contributed by atoms with Crippen molar-refractivity contribution in [1.29, 1.82) is 0 Å². The second kappa shape index (κ2) is 6.85. The predicted octanol–water partition coefficient (Wildman–Crippen LogP) is 2.27. The fourth-order valence-corrected chi connectivity index (χ4v) is 3.26. The van der Waals surface area contributed by atoms with Crippen molar-refractivity contribution in [3.63, 3.8) is 0 Å². The Kier molecular flexibility index (Phi) is 5.14. The molecule has 6 heteroatoms. The summed E-state index contributed by atoms with van der Waals surface area (Å²) in [5, 5.41) is 12.1. The quantitative estimate of drug-likeness (QED) is 0.839. The van der Waals surface area contributed by atoms with Crippen molar-refractivity contribution in [3.8, 4) is 11.5 Å². The van der Waals surface area contributed by atoms with E-state index in [1.165, 1.54) is 0 Å². The fourth-order valence-electron chi connectivity index (χ4n) is 2.04. The van der Waals surface area contributed by atoms with E-state index < -0.39 is 12.0 Å². The van der Waals surface area contributed by atoms with Crippen molar-refractivity contribution in [2.75, 3.05) is 19.0 Å². The fraction of sp³-hybridized carbons (Fsp3) is 0.500. The molecule has 0 radical (unpaired) electrons. The van der Waals surface area contributed by atoms with Crippen molar-refractivity contribution in [2.24, 2.45) is 0 Å². The molecule has 20 heavy (non-hydrogen) atoms. The van der Waals surface area contributed by atoms with Gasteiger partial charge in [0, 0.05) is 5.75 Å². The molecule has 2 rings (SSSR count). The average molecular weight is 297 g/mol. The SMILES string of the molecule is CCOc1ccc([C@H]2N[C@@H](C(=O)O)CS2)cc1OCC. The van der Waals surface area contributed by atoms with Crippen molar-refractivity contribution < 1.29 is 19.4 Å². The molecule has 1 aliphatic rings. The monoisotopic (exact) mass is 297 g/mol. The minimum Gasteiger partial charge on any atom is -0.490 e. The molecule has 0 aliphatic carbocycles. The predicted molar refractivity (Wildman–Crippen MR) is 78.5 cm³/mol. The van der Waals surface area contributed by atoms with Gasteiger partial charge in [0.25, 0.3) is 0 Å². The topological polar surface area (TPSA) is 67.8 Å². The Bertz CT molecular complexity index is 480. The number of hydrogen-bond donors (Lipinski definition) is 2. The van der Waals surface area contributed by atoms with Crippen molar-refractivity contribution >= 4 is 17.7 Å². The summed E-state index contributed by atoms with van der Waals surface area (Å²) in [6.45, 7) is 4.99. The van der Waals surface area contributed by atoms with Gasteiger partial charge in [0.2, 0.25) is 0 Å². The number of hydrogen-bond acceptors (Lipinski definition) is 5. The lowest BCUT2D eigenvalue weighted by Crippen LogP contribution is -2.33. The summed E-state index contributed by atoms with van der Waals surface area (Å²) in [5.41, 5.74) is 1.01. The number of carboxylic acid groups (broad SMARTS) is 1. The zero-order chi connectivity index (χ0) is 14.5. The van der Waals surface area contributed by atoms with Gasteiger partial charge in [-0.3, -0.25) is 10.1 Å². The molecule has 0 bridgehead atoms. The van der Waals surface area contributed by atoms with Crippen LogP contribution >= 0.6 is 11.8 Å². The third kappa shape index (κ3) is 3.37. The highest BCUT2D eigenvalue weighted by molar-refractivity contribution is 7.99. The molecular weight excluding hydrogens is 278 g/mol. The third-order valence-electron chi connectivity index (χ3n) is 2.95. The number of aliphatic carboxylic acids is 1.